The number of nitrogens with zero attached hydrogens (tertiary/aromatic N) is 1. The minimum Gasteiger partial charge on any atom is -0.370 e. The molecule has 0 amide bonds. The molecule has 0 bridgehead atoms. The fourth-order valence-corrected chi connectivity index (χ4v) is 2.40. The zero-order chi connectivity index (χ0) is 10.5. The maximum Gasteiger partial charge on any atom is 0.188 e. The lowest BCUT2D eigenvalue weighted by atomic mass is 9.86. The summed E-state index contributed by atoms with van der Waals surface area (Å²) in [5.41, 5.74) is 5.87. The summed E-state index contributed by atoms with van der Waals surface area (Å²) in [4.78, 5) is 4.42. The molecule has 0 radical (unpaired) electrons. The van der Waals surface area contributed by atoms with Gasteiger partial charge in [0.25, 0.3) is 0 Å². The largest absolute Gasteiger partial charge is 0.370 e. The quantitative estimate of drug-likeness (QED) is 0.552. The van der Waals surface area contributed by atoms with Crippen LogP contribution in [0.4, 0.5) is 0 Å². The molecule has 0 unspecified atom stereocenters. The second-order valence-corrected chi connectivity index (χ2v) is 5.00. The van der Waals surface area contributed by atoms with Gasteiger partial charge in [0.2, 0.25) is 0 Å². The minimum absolute atomic E-state index is 0.587. The molecular formula is C12H23N3. The van der Waals surface area contributed by atoms with Crippen molar-refractivity contribution in [2.24, 2.45) is 16.6 Å². The van der Waals surface area contributed by atoms with E-state index in [0.717, 1.165) is 12.5 Å². The summed E-state index contributed by atoms with van der Waals surface area (Å²) in [5.74, 6) is 1.49. The maximum absolute atomic E-state index is 5.87. The average Bonchev–Trinajstić information content (AvgIpc) is 2.17. The Morgan fingerprint density at radius 3 is 2.40 bits per heavy atom. The third kappa shape index (κ3) is 3.40. The second-order valence-electron chi connectivity index (χ2n) is 5.00. The standard InChI is InChI=1S/C12H23N3/c13-12(14-9-10-5-4-6-10)15-11-7-2-1-3-8-11/h10-11H,1-9H2,(H3,13,14,15). The number of rotatable bonds is 3. The smallest absolute Gasteiger partial charge is 0.188 e. The zero-order valence-corrected chi connectivity index (χ0v) is 9.54. The van der Waals surface area contributed by atoms with Crippen LogP contribution in [0.5, 0.6) is 0 Å². The van der Waals surface area contributed by atoms with Gasteiger partial charge in [0, 0.05) is 12.6 Å². The molecule has 2 fully saturated rings. The molecule has 3 nitrogen and oxygen atoms in total. The van der Waals surface area contributed by atoms with Crippen molar-refractivity contribution < 1.29 is 0 Å². The van der Waals surface area contributed by atoms with Gasteiger partial charge < -0.3 is 11.1 Å². The molecule has 0 saturated heterocycles. The molecule has 0 atom stereocenters. The molecule has 2 saturated carbocycles. The van der Waals surface area contributed by atoms with Crippen molar-refractivity contribution >= 4 is 5.96 Å². The van der Waals surface area contributed by atoms with E-state index >= 15 is 0 Å². The van der Waals surface area contributed by atoms with Gasteiger partial charge in [-0.2, -0.15) is 0 Å². The Morgan fingerprint density at radius 1 is 1.07 bits per heavy atom. The molecule has 2 aliphatic carbocycles. The van der Waals surface area contributed by atoms with Crippen molar-refractivity contribution in [1.82, 2.24) is 5.32 Å². The fourth-order valence-electron chi connectivity index (χ4n) is 2.40. The van der Waals surface area contributed by atoms with Crippen LogP contribution in [-0.4, -0.2) is 18.5 Å². The first-order valence-electron chi connectivity index (χ1n) is 6.41. The Hall–Kier alpha value is -0.730. The van der Waals surface area contributed by atoms with Crippen LogP contribution in [-0.2, 0) is 0 Å². The summed E-state index contributed by atoms with van der Waals surface area (Å²) in [7, 11) is 0. The summed E-state index contributed by atoms with van der Waals surface area (Å²) in [5, 5.41) is 3.35. The van der Waals surface area contributed by atoms with Gasteiger partial charge in [0.15, 0.2) is 5.96 Å². The van der Waals surface area contributed by atoms with Gasteiger partial charge in [0.1, 0.15) is 0 Å². The Labute approximate surface area is 92.5 Å². The van der Waals surface area contributed by atoms with E-state index < -0.39 is 0 Å². The summed E-state index contributed by atoms with van der Waals surface area (Å²) in [6.07, 6.45) is 10.7. The Morgan fingerprint density at radius 2 is 1.80 bits per heavy atom. The third-order valence-electron chi connectivity index (χ3n) is 3.70. The number of hydrogen-bond donors (Lipinski definition) is 2. The van der Waals surface area contributed by atoms with Gasteiger partial charge in [-0.15, -0.1) is 0 Å². The van der Waals surface area contributed by atoms with E-state index in [0.29, 0.717) is 12.0 Å². The van der Waals surface area contributed by atoms with E-state index in [1.807, 2.05) is 0 Å². The number of guanidine groups is 1. The lowest BCUT2D eigenvalue weighted by molar-refractivity contribution is 0.325. The predicted octanol–water partition coefficient (Wildman–Crippen LogP) is 2.02. The summed E-state index contributed by atoms with van der Waals surface area (Å²) < 4.78 is 0. The van der Waals surface area contributed by atoms with Gasteiger partial charge in [-0.1, -0.05) is 25.7 Å². The lowest BCUT2D eigenvalue weighted by Gasteiger charge is -2.25. The highest BCUT2D eigenvalue weighted by atomic mass is 15.1. The van der Waals surface area contributed by atoms with Crippen LogP contribution in [0.2, 0.25) is 0 Å². The molecule has 0 aliphatic heterocycles. The predicted molar refractivity (Wildman–Crippen MR) is 63.8 cm³/mol. The molecular weight excluding hydrogens is 186 g/mol. The van der Waals surface area contributed by atoms with Crippen LogP contribution < -0.4 is 11.1 Å². The molecule has 2 rings (SSSR count). The molecule has 0 spiro atoms. The van der Waals surface area contributed by atoms with E-state index in [1.54, 1.807) is 0 Å². The normalized spacial score (nSPS) is 24.9. The molecule has 2 aliphatic rings. The SMILES string of the molecule is NC(=NCC1CCC1)NC1CCCCC1. The van der Waals surface area contributed by atoms with Crippen LogP contribution >= 0.6 is 0 Å². The number of nitrogens with two attached hydrogens (primary N) is 1. The Bertz CT molecular complexity index is 215. The average molecular weight is 209 g/mol. The first kappa shape index (κ1) is 10.8. The monoisotopic (exact) mass is 209 g/mol. The van der Waals surface area contributed by atoms with Crippen molar-refractivity contribution in [2.75, 3.05) is 6.54 Å². The van der Waals surface area contributed by atoms with E-state index in [1.165, 1.54) is 51.4 Å². The lowest BCUT2D eigenvalue weighted by Crippen LogP contribution is -2.41. The molecule has 3 N–H and O–H groups in total. The van der Waals surface area contributed by atoms with Gasteiger partial charge in [-0.25, -0.2) is 0 Å². The van der Waals surface area contributed by atoms with E-state index in [4.69, 9.17) is 5.73 Å². The molecule has 0 aromatic rings. The fraction of sp³-hybridized carbons (Fsp3) is 0.917. The van der Waals surface area contributed by atoms with Crippen molar-refractivity contribution in [3.05, 3.63) is 0 Å². The molecule has 0 heterocycles. The van der Waals surface area contributed by atoms with E-state index in [-0.39, 0.29) is 0 Å². The second kappa shape index (κ2) is 5.38. The van der Waals surface area contributed by atoms with Crippen LogP contribution in [0.15, 0.2) is 4.99 Å². The van der Waals surface area contributed by atoms with Crippen molar-refractivity contribution in [3.63, 3.8) is 0 Å². The highest BCUT2D eigenvalue weighted by Gasteiger charge is 2.17. The molecule has 15 heavy (non-hydrogen) atoms. The van der Waals surface area contributed by atoms with Gasteiger partial charge >= 0.3 is 0 Å². The zero-order valence-electron chi connectivity index (χ0n) is 9.54. The van der Waals surface area contributed by atoms with E-state index in [9.17, 15) is 0 Å². The first-order chi connectivity index (χ1) is 7.34. The Balaban J connectivity index is 1.67. The maximum atomic E-state index is 5.87. The van der Waals surface area contributed by atoms with Crippen molar-refractivity contribution in [2.45, 2.75) is 57.4 Å². The first-order valence-corrected chi connectivity index (χ1v) is 6.41. The van der Waals surface area contributed by atoms with Crippen molar-refractivity contribution in [1.29, 1.82) is 0 Å². The molecule has 0 aromatic heterocycles. The highest BCUT2D eigenvalue weighted by molar-refractivity contribution is 5.78. The molecule has 86 valence electrons. The number of hydrogen-bond acceptors (Lipinski definition) is 1. The number of nitrogens with one attached hydrogen (secondary N) is 1. The van der Waals surface area contributed by atoms with Crippen LogP contribution in [0.25, 0.3) is 0 Å². The number of aliphatic imine (C=N–C) groups is 1. The van der Waals surface area contributed by atoms with Crippen LogP contribution in [0.3, 0.4) is 0 Å². The summed E-state index contributed by atoms with van der Waals surface area (Å²) >= 11 is 0. The third-order valence-corrected chi connectivity index (χ3v) is 3.70. The summed E-state index contributed by atoms with van der Waals surface area (Å²) in [6, 6.07) is 0.587. The van der Waals surface area contributed by atoms with Gasteiger partial charge in [-0.05, 0) is 31.6 Å². The Kier molecular flexibility index (Phi) is 3.87. The minimum atomic E-state index is 0.587. The highest BCUT2D eigenvalue weighted by Crippen LogP contribution is 2.26. The summed E-state index contributed by atoms with van der Waals surface area (Å²) in [6.45, 7) is 0.936. The van der Waals surface area contributed by atoms with Crippen molar-refractivity contribution in [3.8, 4) is 0 Å². The van der Waals surface area contributed by atoms with Crippen LogP contribution in [0.1, 0.15) is 51.4 Å². The molecule has 3 heteroatoms. The van der Waals surface area contributed by atoms with Gasteiger partial charge in [0.05, 0.1) is 0 Å². The topological polar surface area (TPSA) is 50.4 Å². The van der Waals surface area contributed by atoms with Crippen LogP contribution in [0, 0.1) is 5.92 Å². The molecule has 0 aromatic carbocycles. The van der Waals surface area contributed by atoms with E-state index in [2.05, 4.69) is 10.3 Å². The van der Waals surface area contributed by atoms with Gasteiger partial charge in [-0.3, -0.25) is 4.99 Å².